The van der Waals surface area contributed by atoms with Crippen LogP contribution in [-0.4, -0.2) is 35.6 Å². The summed E-state index contributed by atoms with van der Waals surface area (Å²) in [4.78, 5) is 32.4. The van der Waals surface area contributed by atoms with Gasteiger partial charge in [-0.25, -0.2) is 0 Å². The Morgan fingerprint density at radius 2 is 2.00 bits per heavy atom. The van der Waals surface area contributed by atoms with Crippen molar-refractivity contribution in [3.63, 3.8) is 0 Å². The molecule has 0 spiro atoms. The van der Waals surface area contributed by atoms with Gasteiger partial charge in [-0.2, -0.15) is 0 Å². The van der Waals surface area contributed by atoms with E-state index in [1.165, 1.54) is 16.9 Å². The fourth-order valence-electron chi connectivity index (χ4n) is 4.07. The van der Waals surface area contributed by atoms with Crippen LogP contribution in [0.3, 0.4) is 0 Å². The van der Waals surface area contributed by atoms with Gasteiger partial charge >= 0.3 is 0 Å². The average Bonchev–Trinajstić information content (AvgIpc) is 3.51. The molecule has 5 rings (SSSR count). The molecule has 0 fully saturated rings. The lowest BCUT2D eigenvalue weighted by molar-refractivity contribution is 0.0766. The maximum atomic E-state index is 13.0. The highest BCUT2D eigenvalue weighted by Crippen LogP contribution is 2.31. The minimum absolute atomic E-state index is 0.0255. The molecule has 8 heteroatoms. The predicted molar refractivity (Wildman–Crippen MR) is 128 cm³/mol. The molecule has 6 nitrogen and oxygen atoms in total. The third-order valence-electron chi connectivity index (χ3n) is 5.57. The van der Waals surface area contributed by atoms with Crippen LogP contribution in [0.5, 0.6) is 0 Å². The first-order chi connectivity index (χ1) is 15.6. The van der Waals surface area contributed by atoms with Crippen LogP contribution in [0.2, 0.25) is 4.34 Å². The third-order valence-corrected chi connectivity index (χ3v) is 6.80. The van der Waals surface area contributed by atoms with Crippen LogP contribution in [0.25, 0.3) is 0 Å². The van der Waals surface area contributed by atoms with Gasteiger partial charge in [0.25, 0.3) is 11.8 Å². The molecule has 0 aliphatic carbocycles. The zero-order valence-corrected chi connectivity index (χ0v) is 18.8. The van der Waals surface area contributed by atoms with Gasteiger partial charge in [-0.3, -0.25) is 14.6 Å². The van der Waals surface area contributed by atoms with Crippen molar-refractivity contribution >= 4 is 46.3 Å². The molecular weight excluding hydrogens is 444 g/mol. The van der Waals surface area contributed by atoms with E-state index >= 15 is 0 Å². The first-order valence-electron chi connectivity index (χ1n) is 10.4. The van der Waals surface area contributed by atoms with Crippen molar-refractivity contribution < 1.29 is 9.59 Å². The zero-order valence-electron chi connectivity index (χ0n) is 17.2. The number of carbonyl (C=O) groups is 2. The predicted octanol–water partition coefficient (Wildman–Crippen LogP) is 4.35. The summed E-state index contributed by atoms with van der Waals surface area (Å²) in [5.74, 6) is 0.763. The Bertz CT molecular complexity index is 1240. The minimum Gasteiger partial charge on any atom is -0.372 e. The van der Waals surface area contributed by atoms with E-state index in [1.807, 2.05) is 29.2 Å². The summed E-state index contributed by atoms with van der Waals surface area (Å²) in [5.41, 5.74) is 4.37. The van der Waals surface area contributed by atoms with Crippen molar-refractivity contribution in [2.24, 2.45) is 4.99 Å². The summed E-state index contributed by atoms with van der Waals surface area (Å²) in [5, 5.41) is 6.24. The van der Waals surface area contributed by atoms with Crippen molar-refractivity contribution in [1.82, 2.24) is 10.2 Å². The van der Waals surface area contributed by atoms with Crippen molar-refractivity contribution in [3.8, 4) is 0 Å². The van der Waals surface area contributed by atoms with Gasteiger partial charge in [-0.05, 0) is 35.4 Å². The highest BCUT2D eigenvalue weighted by molar-refractivity contribution is 7.18. The molecule has 2 amide bonds. The van der Waals surface area contributed by atoms with Gasteiger partial charge in [-0.15, -0.1) is 11.3 Å². The number of benzene rings is 2. The van der Waals surface area contributed by atoms with E-state index in [4.69, 9.17) is 11.6 Å². The van der Waals surface area contributed by atoms with E-state index in [0.29, 0.717) is 33.6 Å². The van der Waals surface area contributed by atoms with Gasteiger partial charge in [0.2, 0.25) is 0 Å². The number of rotatable bonds is 6. The molecular formula is C24H21ClN4O2S. The van der Waals surface area contributed by atoms with Gasteiger partial charge in [0.1, 0.15) is 5.84 Å². The first-order valence-corrected chi connectivity index (χ1v) is 11.6. The molecule has 3 aromatic rings. The van der Waals surface area contributed by atoms with Crippen LogP contribution in [0.4, 0.5) is 5.69 Å². The van der Waals surface area contributed by atoms with Crippen LogP contribution >= 0.6 is 22.9 Å². The number of anilines is 1. The second kappa shape index (κ2) is 8.76. The van der Waals surface area contributed by atoms with Crippen molar-refractivity contribution in [1.29, 1.82) is 0 Å². The number of hydrogen-bond donors (Lipinski definition) is 2. The Balaban J connectivity index is 1.31. The maximum absolute atomic E-state index is 13.0. The lowest BCUT2D eigenvalue weighted by atomic mass is 10.1. The van der Waals surface area contributed by atoms with E-state index in [1.54, 1.807) is 18.2 Å². The molecule has 2 aromatic carbocycles. The number of carbonyl (C=O) groups excluding carboxylic acids is 2. The van der Waals surface area contributed by atoms with Crippen LogP contribution in [0.15, 0.2) is 59.6 Å². The highest BCUT2D eigenvalue weighted by Gasteiger charge is 2.30. The topological polar surface area (TPSA) is 73.8 Å². The molecule has 162 valence electrons. The number of amides is 2. The van der Waals surface area contributed by atoms with Crippen molar-refractivity contribution in [3.05, 3.63) is 86.1 Å². The Morgan fingerprint density at radius 3 is 2.78 bits per heavy atom. The number of nitrogens with one attached hydrogen (secondary N) is 2. The second-order valence-electron chi connectivity index (χ2n) is 7.80. The van der Waals surface area contributed by atoms with E-state index in [0.717, 1.165) is 36.5 Å². The van der Waals surface area contributed by atoms with Crippen molar-refractivity contribution in [2.45, 2.75) is 19.5 Å². The van der Waals surface area contributed by atoms with E-state index < -0.39 is 0 Å². The number of thiophene rings is 1. The Morgan fingerprint density at radius 1 is 1.16 bits per heavy atom. The van der Waals surface area contributed by atoms with E-state index in [9.17, 15) is 9.59 Å². The monoisotopic (exact) mass is 464 g/mol. The van der Waals surface area contributed by atoms with E-state index in [-0.39, 0.29) is 11.8 Å². The molecule has 1 aromatic heterocycles. The van der Waals surface area contributed by atoms with Crippen LogP contribution in [0.1, 0.15) is 36.7 Å². The molecule has 2 N–H and O–H groups in total. The molecule has 0 saturated carbocycles. The smallest absolute Gasteiger partial charge is 0.265 e. The normalized spacial score (nSPS) is 14.8. The maximum Gasteiger partial charge on any atom is 0.265 e. The largest absolute Gasteiger partial charge is 0.372 e. The van der Waals surface area contributed by atoms with Crippen LogP contribution < -0.4 is 10.6 Å². The summed E-state index contributed by atoms with van der Waals surface area (Å²) >= 11 is 7.18. The Labute approximate surface area is 194 Å². The molecule has 0 saturated heterocycles. The summed E-state index contributed by atoms with van der Waals surface area (Å²) in [7, 11) is 0. The zero-order chi connectivity index (χ0) is 22.1. The van der Waals surface area contributed by atoms with Gasteiger partial charge in [-0.1, -0.05) is 41.9 Å². The lowest BCUT2D eigenvalue weighted by Gasteiger charge is -2.16. The summed E-state index contributed by atoms with van der Waals surface area (Å²) in [6.45, 7) is 2.69. The minimum atomic E-state index is -0.225. The van der Waals surface area contributed by atoms with Crippen LogP contribution in [-0.2, 0) is 19.5 Å². The molecule has 0 atom stereocenters. The average molecular weight is 465 g/mol. The van der Waals surface area contributed by atoms with Crippen LogP contribution in [0, 0.1) is 0 Å². The van der Waals surface area contributed by atoms with Gasteiger partial charge in [0.15, 0.2) is 0 Å². The van der Waals surface area contributed by atoms with Gasteiger partial charge < -0.3 is 15.5 Å². The quantitative estimate of drug-likeness (QED) is 0.569. The fourth-order valence-corrected chi connectivity index (χ4v) is 5.01. The lowest BCUT2D eigenvalue weighted by Crippen LogP contribution is -2.23. The molecule has 2 aliphatic heterocycles. The number of aliphatic imine (C=N–C) groups is 1. The molecule has 32 heavy (non-hydrogen) atoms. The number of nitrogens with zero attached hydrogens (tertiary/aromatic N) is 2. The molecule has 3 heterocycles. The standard InChI is InChI=1S/C24H21ClN4O2S/c25-21-8-7-20(32-21)23(30)28-19-6-2-5-17-18(19)14-29(24(17)31)13-16-4-1-3-15(11-16)12-22-26-9-10-27-22/h1-8,11H,9-10,12-14H2,(H,26,27)(H,28,30). The summed E-state index contributed by atoms with van der Waals surface area (Å²) < 4.78 is 0.563. The van der Waals surface area contributed by atoms with Gasteiger partial charge in [0, 0.05) is 42.9 Å². The first kappa shape index (κ1) is 20.7. The molecule has 0 radical (unpaired) electrons. The Hall–Kier alpha value is -3.16. The van der Waals surface area contributed by atoms with Gasteiger partial charge in [0.05, 0.1) is 15.8 Å². The third kappa shape index (κ3) is 4.26. The number of amidine groups is 1. The molecule has 2 aliphatic rings. The van der Waals surface area contributed by atoms with Crippen molar-refractivity contribution in [2.75, 3.05) is 18.4 Å². The highest BCUT2D eigenvalue weighted by atomic mass is 35.5. The number of fused-ring (bicyclic) bond motifs is 1. The van der Waals surface area contributed by atoms with E-state index in [2.05, 4.69) is 27.8 Å². The molecule has 0 unspecified atom stereocenters. The SMILES string of the molecule is O=C(Nc1cccc2c1CN(Cc1cccc(CC3=NCCN3)c1)C2=O)c1ccc(Cl)s1. The fraction of sp³-hybridized carbons (Fsp3) is 0.208. The second-order valence-corrected chi connectivity index (χ2v) is 9.52. The molecule has 0 bridgehead atoms. The summed E-state index contributed by atoms with van der Waals surface area (Å²) in [6.07, 6.45) is 0.769. The Kier molecular flexibility index (Phi) is 5.68. The number of halogens is 1. The number of hydrogen-bond acceptors (Lipinski definition) is 5. The summed E-state index contributed by atoms with van der Waals surface area (Å²) in [6, 6.07) is 17.1.